The molecule has 0 saturated heterocycles. The van der Waals surface area contributed by atoms with Gasteiger partial charge in [0.25, 0.3) is 0 Å². The molecule has 0 aliphatic rings. The van der Waals surface area contributed by atoms with Crippen LogP contribution in [0.15, 0.2) is 0 Å². The number of hydrogen-bond acceptors (Lipinski definition) is 0. The summed E-state index contributed by atoms with van der Waals surface area (Å²) >= 11 is 0. The SMILES string of the molecule is P.[Mo+6].[O-2].[O-2].[O-2].[V]. The molecule has 1 radical (unpaired) electrons. The van der Waals surface area contributed by atoms with Gasteiger partial charge in [-0.3, -0.25) is 0 Å². The molecule has 0 spiro atoms. The second-order valence-corrected chi connectivity index (χ2v) is 0. The van der Waals surface area contributed by atoms with Crippen molar-refractivity contribution in [3.8, 4) is 0 Å². The quantitative estimate of drug-likeness (QED) is 0.403. The van der Waals surface area contributed by atoms with Crippen LogP contribution in [-0.2, 0) is 56.0 Å². The van der Waals surface area contributed by atoms with Gasteiger partial charge in [-0.15, -0.1) is 0 Å². The minimum Gasteiger partial charge on any atom is -2.00 e. The summed E-state index contributed by atoms with van der Waals surface area (Å²) in [6, 6.07) is 0. The molecule has 0 rings (SSSR count). The van der Waals surface area contributed by atoms with Crippen LogP contribution >= 0.6 is 9.90 Å². The van der Waals surface area contributed by atoms with Crippen LogP contribution < -0.4 is 0 Å². The summed E-state index contributed by atoms with van der Waals surface area (Å²) in [5.74, 6) is 0. The fraction of sp³-hybridized carbons (Fsp3) is 0. The van der Waals surface area contributed by atoms with Crippen LogP contribution in [0.4, 0.5) is 0 Å². The van der Waals surface area contributed by atoms with E-state index in [1.165, 1.54) is 0 Å². The monoisotopic (exact) mass is 231 g/mol. The van der Waals surface area contributed by atoms with Crippen LogP contribution in [0.1, 0.15) is 0 Å². The normalized spacial score (nSPS) is 0. The number of hydrogen-bond donors (Lipinski definition) is 0. The fourth-order valence-corrected chi connectivity index (χ4v) is 0. The first kappa shape index (κ1) is 131. The van der Waals surface area contributed by atoms with Crippen molar-refractivity contribution in [2.75, 3.05) is 0 Å². The van der Waals surface area contributed by atoms with Crippen LogP contribution in [0.25, 0.3) is 0 Å². The third-order valence-electron chi connectivity index (χ3n) is 0. The first-order chi connectivity index (χ1) is 0. The summed E-state index contributed by atoms with van der Waals surface area (Å²) < 4.78 is 0. The minimum absolute atomic E-state index is 0. The Morgan fingerprint density at radius 3 is 0.667 bits per heavy atom. The standard InChI is InChI=1S/Mo.3O.H3P.V/h;;;;1H3;/q+6;3*-2;;. The molecule has 0 N–H and O–H groups in total. The predicted molar refractivity (Wildman–Crippen MR) is 13.2 cm³/mol. The maximum absolute atomic E-state index is 0. The molecule has 0 fully saturated rings. The molecule has 6 heteroatoms. The van der Waals surface area contributed by atoms with Crippen LogP contribution in [-0.4, -0.2) is 0 Å². The van der Waals surface area contributed by atoms with Crippen molar-refractivity contribution in [1.29, 1.82) is 0 Å². The van der Waals surface area contributed by atoms with E-state index in [9.17, 15) is 0 Å². The van der Waals surface area contributed by atoms with Gasteiger partial charge in [-0.25, -0.2) is 0 Å². The first-order valence-electron chi connectivity index (χ1n) is 0. The van der Waals surface area contributed by atoms with Gasteiger partial charge in [0.1, 0.15) is 0 Å². The second kappa shape index (κ2) is 81.9. The maximum atomic E-state index is 0. The molecule has 1 unspecified atom stereocenters. The van der Waals surface area contributed by atoms with Crippen molar-refractivity contribution >= 4 is 9.90 Å². The fourth-order valence-electron chi connectivity index (χ4n) is 0. The summed E-state index contributed by atoms with van der Waals surface area (Å²) in [4.78, 5) is 0. The van der Waals surface area contributed by atoms with Crippen LogP contribution in [0.2, 0.25) is 0 Å². The van der Waals surface area contributed by atoms with Crippen molar-refractivity contribution in [2.45, 2.75) is 0 Å². The van der Waals surface area contributed by atoms with E-state index < -0.39 is 0 Å². The zero-order valence-corrected chi connectivity index (χ0v) is 7.61. The Balaban J connectivity index is 0. The summed E-state index contributed by atoms with van der Waals surface area (Å²) in [7, 11) is 0. The van der Waals surface area contributed by atoms with Gasteiger partial charge in [-0.1, -0.05) is 0 Å². The van der Waals surface area contributed by atoms with Crippen molar-refractivity contribution in [1.82, 2.24) is 0 Å². The second-order valence-electron chi connectivity index (χ2n) is 0. The molecule has 0 aromatic rings. The van der Waals surface area contributed by atoms with E-state index in [1.807, 2.05) is 0 Å². The van der Waals surface area contributed by atoms with Gasteiger partial charge in [-0.2, -0.15) is 9.90 Å². The van der Waals surface area contributed by atoms with E-state index in [2.05, 4.69) is 0 Å². The molecule has 0 aromatic heterocycles. The Bertz CT molecular complexity index is 10.8. The van der Waals surface area contributed by atoms with E-state index in [4.69, 9.17) is 0 Å². The van der Waals surface area contributed by atoms with Gasteiger partial charge in [-0.05, 0) is 0 Å². The molecular weight excluding hydrogens is 226 g/mol. The van der Waals surface area contributed by atoms with Gasteiger partial charge in [0.15, 0.2) is 0 Å². The Hall–Kier alpha value is 1.58. The minimum atomic E-state index is 0. The molecule has 0 heterocycles. The zero-order valence-electron chi connectivity index (χ0n) is 2.79. The third kappa shape index (κ3) is 46.8. The average Bonchev–Trinajstić information content (AvgIpc) is 0. The van der Waals surface area contributed by atoms with E-state index in [-0.39, 0.29) is 65.9 Å². The molecule has 0 bridgehead atoms. The van der Waals surface area contributed by atoms with E-state index in [0.29, 0.717) is 0 Å². The molecule has 6 heavy (non-hydrogen) atoms. The Morgan fingerprint density at radius 2 is 0.667 bits per heavy atom. The van der Waals surface area contributed by atoms with Gasteiger partial charge in [0.2, 0.25) is 0 Å². The summed E-state index contributed by atoms with van der Waals surface area (Å²) in [5, 5.41) is 0. The molecule has 0 amide bonds. The Labute approximate surface area is 66.0 Å². The maximum Gasteiger partial charge on any atom is 6.00 e. The smallest absolute Gasteiger partial charge is 2.00 e. The van der Waals surface area contributed by atoms with Gasteiger partial charge in [0.05, 0.1) is 0 Å². The third-order valence-corrected chi connectivity index (χ3v) is 0. The largest absolute Gasteiger partial charge is 6.00 e. The Morgan fingerprint density at radius 1 is 0.667 bits per heavy atom. The first-order valence-corrected chi connectivity index (χ1v) is 0. The summed E-state index contributed by atoms with van der Waals surface area (Å²) in [6.45, 7) is 0. The van der Waals surface area contributed by atoms with Crippen LogP contribution in [0.3, 0.4) is 0 Å². The van der Waals surface area contributed by atoms with Gasteiger partial charge in [0, 0.05) is 18.6 Å². The van der Waals surface area contributed by atoms with Gasteiger partial charge < -0.3 is 16.4 Å². The molecule has 0 aliphatic heterocycles. The molecule has 0 saturated carbocycles. The van der Waals surface area contributed by atoms with Gasteiger partial charge >= 0.3 is 21.1 Å². The predicted octanol–water partition coefficient (Wildman–Crippen LogP) is -0.303. The van der Waals surface area contributed by atoms with Crippen molar-refractivity contribution in [2.24, 2.45) is 0 Å². The molecule has 1 atom stereocenters. The van der Waals surface area contributed by atoms with Crippen LogP contribution in [0.5, 0.6) is 0 Å². The topological polar surface area (TPSA) is 85.5 Å². The van der Waals surface area contributed by atoms with E-state index in [1.54, 1.807) is 0 Å². The Kier molecular flexibility index (Phi) is 1790. The van der Waals surface area contributed by atoms with Crippen molar-refractivity contribution in [3.05, 3.63) is 0 Å². The average molecular weight is 229 g/mol. The molecule has 3 nitrogen and oxygen atoms in total. The van der Waals surface area contributed by atoms with Crippen LogP contribution in [0, 0.1) is 0 Å². The molecular formula is H3MoO3PV. The molecule has 0 aliphatic carbocycles. The summed E-state index contributed by atoms with van der Waals surface area (Å²) in [6.07, 6.45) is 0. The van der Waals surface area contributed by atoms with Crippen molar-refractivity contribution in [3.63, 3.8) is 0 Å². The molecule has 37 valence electrons. The number of rotatable bonds is 0. The van der Waals surface area contributed by atoms with E-state index >= 15 is 0 Å². The zero-order chi connectivity index (χ0) is 0. The van der Waals surface area contributed by atoms with Crippen molar-refractivity contribution < 1.29 is 56.0 Å². The summed E-state index contributed by atoms with van der Waals surface area (Å²) in [5.41, 5.74) is 0. The molecule has 0 aromatic carbocycles. The van der Waals surface area contributed by atoms with E-state index in [0.717, 1.165) is 0 Å².